The van der Waals surface area contributed by atoms with Gasteiger partial charge in [0.15, 0.2) is 0 Å². The van der Waals surface area contributed by atoms with Crippen LogP contribution < -0.4 is 4.72 Å². The largest absolute Gasteiger partial charge is 0.250 e. The molecule has 126 valence electrons. The summed E-state index contributed by atoms with van der Waals surface area (Å²) in [5, 5.41) is 2.72. The van der Waals surface area contributed by atoms with Crippen LogP contribution in [0.1, 0.15) is 21.1 Å². The summed E-state index contributed by atoms with van der Waals surface area (Å²) < 4.78 is 27.1. The molecule has 0 aliphatic carbocycles. The first-order valence-corrected chi connectivity index (χ1v) is 10.7. The van der Waals surface area contributed by atoms with Gasteiger partial charge in [-0.3, -0.25) is 0 Å². The fourth-order valence-electron chi connectivity index (χ4n) is 2.32. The molecule has 0 unspecified atom stereocenters. The molecular weight excluding hydrogens is 360 g/mol. The van der Waals surface area contributed by atoms with Crippen LogP contribution in [0, 0.1) is 6.92 Å². The van der Waals surface area contributed by atoms with Gasteiger partial charge >= 0.3 is 0 Å². The fourth-order valence-corrected chi connectivity index (χ4v) is 5.49. The first kappa shape index (κ1) is 17.3. The molecule has 0 spiro atoms. The van der Waals surface area contributed by atoms with E-state index in [4.69, 9.17) is 0 Å². The second-order valence-electron chi connectivity index (χ2n) is 5.36. The molecule has 0 amide bonds. The fraction of sp³-hybridized carbons (Fsp3) is 0.235. The zero-order chi connectivity index (χ0) is 17.0. The van der Waals surface area contributed by atoms with E-state index in [9.17, 15) is 8.42 Å². The Kier molecular flexibility index (Phi) is 5.45. The highest BCUT2D eigenvalue weighted by Crippen LogP contribution is 2.22. The van der Waals surface area contributed by atoms with Gasteiger partial charge in [0.1, 0.15) is 4.21 Å². The third kappa shape index (κ3) is 4.30. The number of thiophene rings is 1. The van der Waals surface area contributed by atoms with Crippen LogP contribution in [-0.4, -0.2) is 19.9 Å². The number of aromatic nitrogens is 1. The van der Waals surface area contributed by atoms with Gasteiger partial charge in [0.05, 0.1) is 10.7 Å². The Labute approximate surface area is 150 Å². The summed E-state index contributed by atoms with van der Waals surface area (Å²) in [6, 6.07) is 13.6. The van der Waals surface area contributed by atoms with Crippen molar-refractivity contribution in [1.29, 1.82) is 0 Å². The molecule has 24 heavy (non-hydrogen) atoms. The van der Waals surface area contributed by atoms with Gasteiger partial charge in [-0.15, -0.1) is 22.7 Å². The first-order chi connectivity index (χ1) is 11.5. The molecular formula is C17H18N2O2S3. The molecule has 7 heteroatoms. The molecule has 0 radical (unpaired) electrons. The second-order valence-corrected chi connectivity index (χ2v) is 9.47. The lowest BCUT2D eigenvalue weighted by atomic mass is 10.1. The predicted octanol–water partition coefficient (Wildman–Crippen LogP) is 3.62. The monoisotopic (exact) mass is 378 g/mol. The maximum atomic E-state index is 12.1. The third-order valence-electron chi connectivity index (χ3n) is 3.54. The van der Waals surface area contributed by atoms with Crippen molar-refractivity contribution in [3.05, 3.63) is 69.0 Å². The Balaban J connectivity index is 1.60. The molecule has 2 heterocycles. The van der Waals surface area contributed by atoms with E-state index in [0.717, 1.165) is 17.1 Å². The van der Waals surface area contributed by atoms with Crippen LogP contribution in [0.3, 0.4) is 0 Å². The Morgan fingerprint density at radius 2 is 1.92 bits per heavy atom. The van der Waals surface area contributed by atoms with Crippen molar-refractivity contribution in [1.82, 2.24) is 9.71 Å². The average molecular weight is 379 g/mol. The SMILES string of the molecule is Cc1nc(CCNS(=O)(=O)c2cccs2)sc1Cc1ccccc1. The topological polar surface area (TPSA) is 59.1 Å². The third-order valence-corrected chi connectivity index (χ3v) is 7.61. The van der Waals surface area contributed by atoms with Crippen molar-refractivity contribution in [2.75, 3.05) is 6.54 Å². The van der Waals surface area contributed by atoms with Crippen molar-refractivity contribution in [3.8, 4) is 0 Å². The van der Waals surface area contributed by atoms with Gasteiger partial charge in [0.2, 0.25) is 10.0 Å². The Morgan fingerprint density at radius 1 is 1.12 bits per heavy atom. The smallest absolute Gasteiger partial charge is 0.246 e. The summed E-state index contributed by atoms with van der Waals surface area (Å²) in [5.41, 5.74) is 2.29. The van der Waals surface area contributed by atoms with Crippen LogP contribution in [0.2, 0.25) is 0 Å². The van der Waals surface area contributed by atoms with Crippen molar-refractivity contribution in [2.45, 2.75) is 24.0 Å². The number of rotatable bonds is 7. The van der Waals surface area contributed by atoms with Crippen LogP contribution in [0.4, 0.5) is 0 Å². The zero-order valence-corrected chi connectivity index (χ0v) is 15.7. The van der Waals surface area contributed by atoms with E-state index in [0.29, 0.717) is 17.2 Å². The molecule has 0 aliphatic heterocycles. The molecule has 0 fully saturated rings. The molecule has 0 saturated carbocycles. The number of hydrogen-bond acceptors (Lipinski definition) is 5. The van der Waals surface area contributed by atoms with E-state index in [1.165, 1.54) is 21.8 Å². The highest BCUT2D eigenvalue weighted by atomic mass is 32.2. The molecule has 0 saturated heterocycles. The van der Waals surface area contributed by atoms with Gasteiger partial charge in [-0.25, -0.2) is 18.1 Å². The van der Waals surface area contributed by atoms with Crippen LogP contribution in [-0.2, 0) is 22.9 Å². The van der Waals surface area contributed by atoms with Crippen LogP contribution in [0.5, 0.6) is 0 Å². The summed E-state index contributed by atoms with van der Waals surface area (Å²) in [6.07, 6.45) is 1.47. The summed E-state index contributed by atoms with van der Waals surface area (Å²) in [5.74, 6) is 0. The molecule has 2 aromatic heterocycles. The van der Waals surface area contributed by atoms with E-state index in [2.05, 4.69) is 21.8 Å². The van der Waals surface area contributed by atoms with Gasteiger partial charge < -0.3 is 0 Å². The van der Waals surface area contributed by atoms with Crippen LogP contribution >= 0.6 is 22.7 Å². The average Bonchev–Trinajstić information content (AvgIpc) is 3.20. The van der Waals surface area contributed by atoms with Crippen molar-refractivity contribution < 1.29 is 8.42 Å². The molecule has 3 aromatic rings. The molecule has 0 atom stereocenters. The maximum absolute atomic E-state index is 12.1. The van der Waals surface area contributed by atoms with E-state index in [1.807, 2.05) is 25.1 Å². The summed E-state index contributed by atoms with van der Waals surface area (Å²) in [7, 11) is -3.39. The molecule has 1 aromatic carbocycles. The standard InChI is InChI=1S/C17H18N2O2S3/c1-13-15(12-14-6-3-2-4-7-14)23-16(19-13)9-10-18-24(20,21)17-8-5-11-22-17/h2-8,11,18H,9-10,12H2,1H3. The van der Waals surface area contributed by atoms with Gasteiger partial charge in [-0.1, -0.05) is 36.4 Å². The summed E-state index contributed by atoms with van der Waals surface area (Å²) >= 11 is 2.88. The van der Waals surface area contributed by atoms with Gasteiger partial charge in [0, 0.05) is 24.3 Å². The molecule has 3 rings (SSSR count). The van der Waals surface area contributed by atoms with Crippen molar-refractivity contribution in [3.63, 3.8) is 0 Å². The van der Waals surface area contributed by atoms with E-state index in [1.54, 1.807) is 28.8 Å². The Morgan fingerprint density at radius 3 is 2.62 bits per heavy atom. The highest BCUT2D eigenvalue weighted by Gasteiger charge is 2.15. The zero-order valence-electron chi connectivity index (χ0n) is 13.2. The maximum Gasteiger partial charge on any atom is 0.250 e. The quantitative estimate of drug-likeness (QED) is 0.683. The van der Waals surface area contributed by atoms with Crippen LogP contribution in [0.25, 0.3) is 0 Å². The Bertz CT molecular complexity index is 885. The molecule has 0 aliphatic rings. The molecule has 1 N–H and O–H groups in total. The predicted molar refractivity (Wildman–Crippen MR) is 99.3 cm³/mol. The van der Waals surface area contributed by atoms with E-state index >= 15 is 0 Å². The lowest BCUT2D eigenvalue weighted by molar-refractivity contribution is 0.583. The van der Waals surface area contributed by atoms with Gasteiger partial charge in [-0.05, 0) is 23.9 Å². The van der Waals surface area contributed by atoms with Crippen molar-refractivity contribution >= 4 is 32.7 Å². The number of benzene rings is 1. The minimum atomic E-state index is -3.39. The van der Waals surface area contributed by atoms with Gasteiger partial charge in [0.25, 0.3) is 0 Å². The minimum absolute atomic E-state index is 0.350. The Hall–Kier alpha value is -1.54. The highest BCUT2D eigenvalue weighted by molar-refractivity contribution is 7.91. The van der Waals surface area contributed by atoms with Crippen molar-refractivity contribution in [2.24, 2.45) is 0 Å². The normalized spacial score (nSPS) is 11.7. The minimum Gasteiger partial charge on any atom is -0.246 e. The number of nitrogens with zero attached hydrogens (tertiary/aromatic N) is 1. The number of thiazole rings is 1. The number of sulfonamides is 1. The molecule has 4 nitrogen and oxygen atoms in total. The summed E-state index contributed by atoms with van der Waals surface area (Å²) in [6.45, 7) is 2.37. The van der Waals surface area contributed by atoms with E-state index < -0.39 is 10.0 Å². The molecule has 0 bridgehead atoms. The first-order valence-electron chi connectivity index (χ1n) is 7.57. The summed E-state index contributed by atoms with van der Waals surface area (Å²) in [4.78, 5) is 5.81. The number of hydrogen-bond donors (Lipinski definition) is 1. The van der Waals surface area contributed by atoms with Gasteiger partial charge in [-0.2, -0.15) is 0 Å². The number of aryl methyl sites for hydroxylation is 1. The second kappa shape index (κ2) is 7.57. The van der Waals surface area contributed by atoms with Crippen LogP contribution in [0.15, 0.2) is 52.1 Å². The lowest BCUT2D eigenvalue weighted by Gasteiger charge is -2.02. The lowest BCUT2D eigenvalue weighted by Crippen LogP contribution is -2.25. The van der Waals surface area contributed by atoms with E-state index in [-0.39, 0.29) is 0 Å². The number of nitrogens with one attached hydrogen (secondary N) is 1.